The van der Waals surface area contributed by atoms with E-state index < -0.39 is 14.0 Å². The lowest BCUT2D eigenvalue weighted by Gasteiger charge is -2.58. The summed E-state index contributed by atoms with van der Waals surface area (Å²) in [6, 6.07) is 0. The minimum absolute atomic E-state index is 0. The van der Waals surface area contributed by atoms with Gasteiger partial charge in [-0.15, -0.1) is 0 Å². The molecule has 0 bridgehead atoms. The summed E-state index contributed by atoms with van der Waals surface area (Å²) in [5.41, 5.74) is 2.13. The van der Waals surface area contributed by atoms with Crippen molar-refractivity contribution in [1.29, 1.82) is 0 Å². The van der Waals surface area contributed by atoms with Gasteiger partial charge in [0.1, 0.15) is 25.9 Å². The van der Waals surface area contributed by atoms with Gasteiger partial charge < -0.3 is 24.3 Å². The number of hydrogen-bond acceptors (Lipinski definition) is 7. The number of nitrogens with zero attached hydrogens (tertiary/aromatic N) is 1. The number of quaternary nitrogens is 1. The van der Waals surface area contributed by atoms with Crippen LogP contribution in [0.2, 0.25) is 0 Å². The number of carbonyl (C=O) groups excluding carboxylic acids is 1. The van der Waals surface area contributed by atoms with E-state index in [-0.39, 0.29) is 36.8 Å². The van der Waals surface area contributed by atoms with Gasteiger partial charge in [-0.3, -0.25) is 9.05 Å². The molecule has 4 rings (SSSR count). The molecule has 9 nitrogen and oxygen atoms in total. The first kappa shape index (κ1) is 40.5. The number of phosphoric acid groups is 1. The quantitative estimate of drug-likeness (QED) is 0.0597. The monoisotopic (exact) mass is 685 g/mol. The fraction of sp³-hybridized carbons (Fsp3) is 0.919. The van der Waals surface area contributed by atoms with Gasteiger partial charge in [-0.1, -0.05) is 66.0 Å². The second-order valence-corrected chi connectivity index (χ2v) is 18.6. The van der Waals surface area contributed by atoms with Crippen LogP contribution in [0.1, 0.15) is 112 Å². The van der Waals surface area contributed by atoms with Crippen LogP contribution < -0.4 is 0 Å². The second-order valence-electron chi connectivity index (χ2n) is 17.2. The molecule has 0 aromatic heterocycles. The first-order valence-corrected chi connectivity index (χ1v) is 19.9. The van der Waals surface area contributed by atoms with E-state index in [0.29, 0.717) is 22.4 Å². The van der Waals surface area contributed by atoms with Crippen LogP contribution >= 0.6 is 7.82 Å². The third kappa shape index (κ3) is 9.85. The third-order valence-corrected chi connectivity index (χ3v) is 14.1. The first-order chi connectivity index (χ1) is 21.5. The Morgan fingerprint density at radius 3 is 2.36 bits per heavy atom. The zero-order valence-corrected chi connectivity index (χ0v) is 31.9. The van der Waals surface area contributed by atoms with Crippen molar-refractivity contribution in [1.82, 2.24) is 0 Å². The molecular weight excluding hydrogens is 617 g/mol. The summed E-state index contributed by atoms with van der Waals surface area (Å²) in [4.78, 5) is 22.3. The number of phosphoric ester groups is 1. The molecule has 274 valence electrons. The van der Waals surface area contributed by atoms with Gasteiger partial charge in [0, 0.05) is 6.42 Å². The highest BCUT2D eigenvalue weighted by atomic mass is 31.2. The van der Waals surface area contributed by atoms with Crippen LogP contribution in [0.5, 0.6) is 0 Å². The lowest BCUT2D eigenvalue weighted by Crippen LogP contribution is -2.51. The molecule has 0 spiro atoms. The Kier molecular flexibility index (Phi) is 14.1. The largest absolute Gasteiger partial charge is 0.870 e. The molecular formula is C37H68NO8P. The predicted molar refractivity (Wildman–Crippen MR) is 185 cm³/mol. The van der Waals surface area contributed by atoms with Crippen LogP contribution in [0.4, 0.5) is 4.79 Å². The Morgan fingerprint density at radius 2 is 1.70 bits per heavy atom. The Morgan fingerprint density at radius 1 is 1.00 bits per heavy atom. The van der Waals surface area contributed by atoms with Crippen LogP contribution in [-0.4, -0.2) is 74.6 Å². The molecule has 0 aromatic rings. The maximum atomic E-state index is 12.5. The zero-order valence-electron chi connectivity index (χ0n) is 31.0. The van der Waals surface area contributed by atoms with Crippen LogP contribution in [0, 0.1) is 52.3 Å². The van der Waals surface area contributed by atoms with E-state index in [0.717, 1.165) is 61.2 Å². The number of ether oxygens (including phenoxy) is 2. The van der Waals surface area contributed by atoms with E-state index in [1.165, 1.54) is 50.5 Å². The molecule has 0 amide bonds. The van der Waals surface area contributed by atoms with Crippen molar-refractivity contribution < 1.29 is 42.7 Å². The van der Waals surface area contributed by atoms with E-state index in [9.17, 15) is 14.3 Å². The minimum Gasteiger partial charge on any atom is -0.870 e. The average molecular weight is 686 g/mol. The van der Waals surface area contributed by atoms with Crippen molar-refractivity contribution in [3.63, 3.8) is 0 Å². The van der Waals surface area contributed by atoms with Gasteiger partial charge >= 0.3 is 14.0 Å². The highest BCUT2D eigenvalue weighted by molar-refractivity contribution is 7.47. The number of likely N-dealkylation sites (N-methyl/N-ethyl adjacent to an activating group) is 1. The summed E-state index contributed by atoms with van der Waals surface area (Å²) in [7, 11) is 1.71. The van der Waals surface area contributed by atoms with Gasteiger partial charge in [-0.25, -0.2) is 9.36 Å². The molecule has 4 unspecified atom stereocenters. The van der Waals surface area contributed by atoms with Gasteiger partial charge in [0.2, 0.25) is 0 Å². The summed E-state index contributed by atoms with van der Waals surface area (Å²) in [5.74, 6) is 5.61. The maximum absolute atomic E-state index is 12.5. The minimum atomic E-state index is -4.19. The summed E-state index contributed by atoms with van der Waals surface area (Å²) in [6.45, 7) is 15.1. The van der Waals surface area contributed by atoms with Crippen molar-refractivity contribution in [2.75, 3.05) is 47.5 Å². The first-order valence-electron chi connectivity index (χ1n) is 18.4. The van der Waals surface area contributed by atoms with Crippen molar-refractivity contribution in [2.45, 2.75) is 118 Å². The summed E-state index contributed by atoms with van der Waals surface area (Å²) in [6.07, 6.45) is 14.9. The highest BCUT2D eigenvalue weighted by Gasteiger charge is 2.59. The Balaban J connectivity index is 0.00000600. The van der Waals surface area contributed by atoms with Gasteiger partial charge in [0.15, 0.2) is 0 Å². The number of rotatable bonds is 15. The summed E-state index contributed by atoms with van der Waals surface area (Å²) < 4.78 is 33.5. The number of hydrogen-bond donors (Lipinski definition) is 1. The fourth-order valence-corrected chi connectivity index (χ4v) is 11.0. The van der Waals surface area contributed by atoms with E-state index in [1.807, 2.05) is 21.1 Å². The van der Waals surface area contributed by atoms with E-state index >= 15 is 0 Å². The molecule has 0 radical (unpaired) electrons. The maximum Gasteiger partial charge on any atom is 0.508 e. The molecule has 2 N–H and O–H groups in total. The van der Waals surface area contributed by atoms with Crippen molar-refractivity contribution in [3.05, 3.63) is 11.6 Å². The van der Waals surface area contributed by atoms with Gasteiger partial charge in [-0.05, 0) is 104 Å². The molecule has 3 saturated carbocycles. The topological polar surface area (TPSA) is 121 Å². The molecule has 0 heterocycles. The molecule has 10 atom stereocenters. The standard InChI is InChI=1S/C37H66NO7P.H2O/c1-10-28(26(2)3)12-11-27(4)32-15-16-33-31-14-13-29-25-30(17-19-36(29,5)34(31)18-20-37(32,33)6)45-35(39)42-23-24-44-46(40,41)43-22-21-38(7,8)9;/h13,26-28,30-34H,10-12,14-25H2,1-9H3;1H2/t27-,28-,30+,31?,32-,33?,34?,36+,37-;/m1./s1. The van der Waals surface area contributed by atoms with E-state index in [1.54, 1.807) is 0 Å². The molecule has 4 aliphatic carbocycles. The Bertz CT molecular complexity index is 1110. The predicted octanol–water partition coefficient (Wildman–Crippen LogP) is 8.85. The van der Waals surface area contributed by atoms with Crippen molar-refractivity contribution in [3.8, 4) is 0 Å². The average Bonchev–Trinajstić information content (AvgIpc) is 3.32. The van der Waals surface area contributed by atoms with E-state index in [2.05, 4.69) is 47.6 Å². The number of carbonyl (C=O) groups is 1. The van der Waals surface area contributed by atoms with Crippen molar-refractivity contribution >= 4 is 14.0 Å². The Labute approximate surface area is 286 Å². The molecule has 3 fully saturated rings. The highest BCUT2D eigenvalue weighted by Crippen LogP contribution is 2.67. The molecule has 0 saturated heterocycles. The number of fused-ring (bicyclic) bond motifs is 5. The molecule has 10 heteroatoms. The third-order valence-electron chi connectivity index (χ3n) is 13.1. The summed E-state index contributed by atoms with van der Waals surface area (Å²) >= 11 is 0. The number of allylic oxidation sites excluding steroid dienone is 1. The molecule has 47 heavy (non-hydrogen) atoms. The van der Waals surface area contributed by atoms with Crippen LogP contribution in [0.25, 0.3) is 0 Å². The normalized spacial score (nSPS) is 34.5. The zero-order chi connectivity index (χ0) is 33.9. The van der Waals surface area contributed by atoms with Gasteiger partial charge in [-0.2, -0.15) is 0 Å². The smallest absolute Gasteiger partial charge is 0.508 e. The van der Waals surface area contributed by atoms with Gasteiger partial charge in [0.25, 0.3) is 0 Å². The lowest BCUT2D eigenvalue weighted by molar-refractivity contribution is -0.870. The van der Waals surface area contributed by atoms with Crippen LogP contribution in [0.15, 0.2) is 11.6 Å². The molecule has 4 aliphatic rings. The molecule has 0 aromatic carbocycles. The van der Waals surface area contributed by atoms with Crippen LogP contribution in [0.3, 0.4) is 0 Å². The van der Waals surface area contributed by atoms with Crippen LogP contribution in [-0.2, 0) is 23.1 Å². The summed E-state index contributed by atoms with van der Waals surface area (Å²) in [5, 5.41) is 0. The second kappa shape index (κ2) is 16.4. The van der Waals surface area contributed by atoms with Crippen molar-refractivity contribution in [2.24, 2.45) is 52.3 Å². The lowest BCUT2D eigenvalue weighted by atomic mass is 9.47. The SMILES string of the molecule is CC[C@H](CC[C@@H](C)[C@H]1CCC2C3CC=C4C[C@@H](OC(=O)OCCOP(=O)(O)OCC[N+](C)(C)C)CC[C@]4(C)C3CC[C@@]21C)C(C)C.[OH-]. The van der Waals surface area contributed by atoms with E-state index in [4.69, 9.17) is 18.5 Å². The molecule has 0 aliphatic heterocycles. The van der Waals surface area contributed by atoms with Gasteiger partial charge in [0.05, 0.1) is 27.7 Å². The Hall–Kier alpha value is -0.960. The fourth-order valence-electron chi connectivity index (χ4n) is 10.3.